The lowest BCUT2D eigenvalue weighted by molar-refractivity contribution is -0.671. The molecule has 4 nitrogen and oxygen atoms in total. The van der Waals surface area contributed by atoms with Gasteiger partial charge in [-0.3, -0.25) is 0 Å². The van der Waals surface area contributed by atoms with Crippen LogP contribution in [-0.4, -0.2) is 15.0 Å². The quantitative estimate of drug-likeness (QED) is 0.556. The van der Waals surface area contributed by atoms with E-state index in [2.05, 4.69) is 10.3 Å². The van der Waals surface area contributed by atoms with Crippen molar-refractivity contribution < 1.29 is 4.57 Å². The topological polar surface area (TPSA) is 34.6 Å². The lowest BCUT2D eigenvalue weighted by Gasteiger charge is -1.95. The Morgan fingerprint density at radius 3 is 2.67 bits per heavy atom. The molecule has 0 aliphatic heterocycles. The van der Waals surface area contributed by atoms with Gasteiger partial charge in [0.25, 0.3) is 0 Å². The van der Waals surface area contributed by atoms with Crippen LogP contribution in [0.5, 0.6) is 0 Å². The van der Waals surface area contributed by atoms with Crippen molar-refractivity contribution in [3.63, 3.8) is 0 Å². The van der Waals surface area contributed by atoms with Crippen LogP contribution < -0.4 is 4.57 Å². The zero-order valence-electron chi connectivity index (χ0n) is 6.75. The maximum absolute atomic E-state index is 3.87. The van der Waals surface area contributed by atoms with Crippen LogP contribution in [-0.2, 0) is 7.05 Å². The second kappa shape index (κ2) is 2.73. The molecule has 2 aromatic rings. The highest BCUT2D eigenvalue weighted by Crippen LogP contribution is 1.99. The average Bonchev–Trinajstić information content (AvgIpc) is 2.58. The van der Waals surface area contributed by atoms with Crippen molar-refractivity contribution in [2.75, 3.05) is 0 Å². The molecular weight excluding hydrogens is 152 g/mol. The van der Waals surface area contributed by atoms with E-state index in [9.17, 15) is 0 Å². The molecule has 0 aliphatic carbocycles. The zero-order chi connectivity index (χ0) is 8.39. The molecule has 2 aromatic heterocycles. The van der Waals surface area contributed by atoms with E-state index in [1.54, 1.807) is 10.9 Å². The Balaban J connectivity index is 2.43. The minimum atomic E-state index is 1.02. The second-order valence-electron chi connectivity index (χ2n) is 2.57. The Hall–Kier alpha value is -1.71. The molecule has 0 amide bonds. The summed E-state index contributed by atoms with van der Waals surface area (Å²) in [5.41, 5.74) is 1.02. The third-order valence-corrected chi connectivity index (χ3v) is 1.65. The Kier molecular flexibility index (Phi) is 1.59. The number of aryl methyl sites for hydroxylation is 1. The van der Waals surface area contributed by atoms with Crippen LogP contribution in [0.3, 0.4) is 0 Å². The molecule has 60 valence electrons. The number of rotatable bonds is 1. The summed E-state index contributed by atoms with van der Waals surface area (Å²) in [6, 6.07) is 3.96. The molecule has 2 rings (SSSR count). The Morgan fingerprint density at radius 1 is 1.33 bits per heavy atom. The van der Waals surface area contributed by atoms with Gasteiger partial charge in [-0.1, -0.05) is 5.21 Å². The van der Waals surface area contributed by atoms with Gasteiger partial charge < -0.3 is 0 Å². The van der Waals surface area contributed by atoms with Gasteiger partial charge in [-0.25, -0.2) is 9.25 Å². The third kappa shape index (κ3) is 1.18. The smallest absolute Gasteiger partial charge is 0.170 e. The summed E-state index contributed by atoms with van der Waals surface area (Å²) in [5.74, 6) is 0. The summed E-state index contributed by atoms with van der Waals surface area (Å²) < 4.78 is 3.69. The fourth-order valence-electron chi connectivity index (χ4n) is 0.992. The molecule has 0 fully saturated rings. The van der Waals surface area contributed by atoms with Gasteiger partial charge in [0.15, 0.2) is 12.4 Å². The first-order chi connectivity index (χ1) is 5.86. The zero-order valence-corrected chi connectivity index (χ0v) is 6.75. The molecule has 0 atom stereocenters. The van der Waals surface area contributed by atoms with Gasteiger partial charge in [-0.15, -0.1) is 5.10 Å². The molecule has 4 heteroatoms. The minimum absolute atomic E-state index is 1.02. The normalized spacial score (nSPS) is 10.1. The number of hydrogen-bond acceptors (Lipinski definition) is 2. The molecular formula is C8H9N4+. The summed E-state index contributed by atoms with van der Waals surface area (Å²) in [4.78, 5) is 0. The maximum Gasteiger partial charge on any atom is 0.170 e. The van der Waals surface area contributed by atoms with Crippen LogP contribution in [0.15, 0.2) is 36.9 Å². The van der Waals surface area contributed by atoms with E-state index in [1.807, 2.05) is 42.3 Å². The van der Waals surface area contributed by atoms with Gasteiger partial charge in [-0.2, -0.15) is 0 Å². The van der Waals surface area contributed by atoms with Crippen LogP contribution in [0.4, 0.5) is 0 Å². The molecule has 12 heavy (non-hydrogen) atoms. The van der Waals surface area contributed by atoms with Gasteiger partial charge in [0.2, 0.25) is 0 Å². The largest absolute Gasteiger partial charge is 0.220 e. The van der Waals surface area contributed by atoms with Crippen molar-refractivity contribution in [2.45, 2.75) is 0 Å². The van der Waals surface area contributed by atoms with Crippen LogP contribution in [0.25, 0.3) is 5.69 Å². The number of aromatic nitrogens is 4. The highest BCUT2D eigenvalue weighted by Gasteiger charge is 1.97. The predicted molar refractivity (Wildman–Crippen MR) is 42.5 cm³/mol. The second-order valence-corrected chi connectivity index (χ2v) is 2.57. The first-order valence-corrected chi connectivity index (χ1v) is 3.68. The van der Waals surface area contributed by atoms with Gasteiger partial charge in [0.1, 0.15) is 7.05 Å². The van der Waals surface area contributed by atoms with E-state index in [0.717, 1.165) is 5.69 Å². The van der Waals surface area contributed by atoms with Crippen molar-refractivity contribution in [3.8, 4) is 5.69 Å². The van der Waals surface area contributed by atoms with Crippen molar-refractivity contribution in [1.29, 1.82) is 0 Å². The van der Waals surface area contributed by atoms with Gasteiger partial charge in [-0.05, 0) is 0 Å². The first kappa shape index (κ1) is 6.97. The molecule has 0 aromatic carbocycles. The first-order valence-electron chi connectivity index (χ1n) is 3.68. The summed E-state index contributed by atoms with van der Waals surface area (Å²) in [7, 11) is 1.98. The summed E-state index contributed by atoms with van der Waals surface area (Å²) in [5, 5.41) is 7.60. The monoisotopic (exact) mass is 161 g/mol. The molecule has 0 unspecified atom stereocenters. The van der Waals surface area contributed by atoms with Crippen molar-refractivity contribution in [2.24, 2.45) is 7.05 Å². The lowest BCUT2D eigenvalue weighted by Crippen LogP contribution is -2.26. The minimum Gasteiger partial charge on any atom is -0.220 e. The van der Waals surface area contributed by atoms with E-state index < -0.39 is 0 Å². The summed E-state index contributed by atoms with van der Waals surface area (Å²) in [6.45, 7) is 0. The van der Waals surface area contributed by atoms with Crippen LogP contribution in [0, 0.1) is 0 Å². The molecule has 0 N–H and O–H groups in total. The predicted octanol–water partition coefficient (Wildman–Crippen LogP) is 0.0918. The molecule has 0 spiro atoms. The third-order valence-electron chi connectivity index (χ3n) is 1.65. The van der Waals surface area contributed by atoms with Crippen molar-refractivity contribution in [1.82, 2.24) is 15.0 Å². The molecule has 0 saturated carbocycles. The average molecular weight is 161 g/mol. The number of hydrogen-bond donors (Lipinski definition) is 0. The lowest BCUT2D eigenvalue weighted by atomic mass is 10.4. The number of nitrogens with zero attached hydrogens (tertiary/aromatic N) is 4. The molecule has 0 bridgehead atoms. The van der Waals surface area contributed by atoms with Crippen molar-refractivity contribution in [3.05, 3.63) is 36.9 Å². The Bertz CT molecular complexity index is 349. The fourth-order valence-corrected chi connectivity index (χ4v) is 0.992. The fraction of sp³-hybridized carbons (Fsp3) is 0.125. The Morgan fingerprint density at radius 2 is 2.08 bits per heavy atom. The van der Waals surface area contributed by atoms with Crippen LogP contribution in [0.2, 0.25) is 0 Å². The maximum atomic E-state index is 3.87. The van der Waals surface area contributed by atoms with E-state index in [4.69, 9.17) is 0 Å². The molecule has 0 radical (unpaired) electrons. The Labute approximate surface area is 70.1 Å². The molecule has 0 saturated heterocycles. The molecule has 0 aliphatic rings. The van der Waals surface area contributed by atoms with Gasteiger partial charge >= 0.3 is 0 Å². The van der Waals surface area contributed by atoms with Gasteiger partial charge in [0, 0.05) is 12.1 Å². The van der Waals surface area contributed by atoms with Crippen LogP contribution in [0.1, 0.15) is 0 Å². The highest BCUT2D eigenvalue weighted by atomic mass is 15.4. The summed E-state index contributed by atoms with van der Waals surface area (Å²) >= 11 is 0. The highest BCUT2D eigenvalue weighted by molar-refractivity contribution is 5.24. The van der Waals surface area contributed by atoms with E-state index in [0.29, 0.717) is 0 Å². The van der Waals surface area contributed by atoms with Crippen molar-refractivity contribution >= 4 is 0 Å². The number of pyridine rings is 1. The van der Waals surface area contributed by atoms with E-state index in [-0.39, 0.29) is 0 Å². The van der Waals surface area contributed by atoms with Gasteiger partial charge in [0.05, 0.1) is 18.1 Å². The standard InChI is InChI=1S/C8H9N4/c1-11-5-2-8(3-6-11)12-7-4-9-10-12/h2-7H,1H3/q+1. The summed E-state index contributed by atoms with van der Waals surface area (Å²) in [6.07, 6.45) is 7.41. The SMILES string of the molecule is C[n+]1ccc(-n2ccnn2)cc1. The molecule has 2 heterocycles. The van der Waals surface area contributed by atoms with E-state index in [1.165, 1.54) is 0 Å². The van der Waals surface area contributed by atoms with Crippen LogP contribution >= 0.6 is 0 Å². The van der Waals surface area contributed by atoms with E-state index >= 15 is 0 Å².